The van der Waals surface area contributed by atoms with E-state index in [4.69, 9.17) is 4.74 Å². The lowest BCUT2D eigenvalue weighted by Gasteiger charge is -2.30. The Morgan fingerprint density at radius 3 is 2.40 bits per heavy atom. The van der Waals surface area contributed by atoms with Crippen LogP contribution in [0.3, 0.4) is 0 Å². The molecule has 3 nitrogen and oxygen atoms in total. The molecule has 40 heavy (non-hydrogen) atoms. The molecule has 3 aromatic rings. The molecule has 0 amide bonds. The minimum atomic E-state index is -2.67. The molecule has 0 heterocycles. The molecule has 0 saturated heterocycles. The number of halogens is 3. The highest BCUT2D eigenvalue weighted by Crippen LogP contribution is 2.57. The third-order valence-corrected chi connectivity index (χ3v) is 9.21. The van der Waals surface area contributed by atoms with Gasteiger partial charge in [-0.15, -0.1) is 0 Å². The highest BCUT2D eigenvalue weighted by molar-refractivity contribution is 5.70. The Kier molecular flexibility index (Phi) is 7.73. The number of hydrogen-bond acceptors (Lipinski definition) is 2. The summed E-state index contributed by atoms with van der Waals surface area (Å²) in [5, 5.41) is 9.48. The van der Waals surface area contributed by atoms with Crippen LogP contribution in [0.4, 0.5) is 13.2 Å². The standard InChI is InChI=1S/C34H37F3O3/c1-33(2)13-5-8-28(33)26-16-21(9-11-25(26)27-18-23(32(36)37)10-12-30(27)35)20-40-24-7-4-6-22(17-24)29(19-31(38)39)34(3)14-15-34/h4,6-7,9-12,16-18,28-29,32H,5,8,13-15,19-20H2,1-3H3,(H,38,39)/t28-,29-/m1/s1. The van der Waals surface area contributed by atoms with Gasteiger partial charge in [-0.1, -0.05) is 63.6 Å². The quantitative estimate of drug-likeness (QED) is 0.273. The Bertz CT molecular complexity index is 1390. The first-order chi connectivity index (χ1) is 19.0. The molecule has 0 bridgehead atoms. The van der Waals surface area contributed by atoms with Gasteiger partial charge in [0, 0.05) is 11.1 Å². The summed E-state index contributed by atoms with van der Waals surface area (Å²) in [6, 6.07) is 17.0. The minimum absolute atomic E-state index is 0.00254. The second kappa shape index (κ2) is 10.9. The molecule has 3 aromatic carbocycles. The normalized spacial score (nSPS) is 19.9. The Labute approximate surface area is 234 Å². The molecule has 0 aliphatic heterocycles. The molecule has 2 saturated carbocycles. The Balaban J connectivity index is 1.44. The molecule has 6 heteroatoms. The van der Waals surface area contributed by atoms with Gasteiger partial charge in [-0.05, 0) is 94.9 Å². The van der Waals surface area contributed by atoms with Crippen LogP contribution in [0.25, 0.3) is 11.1 Å². The first-order valence-electron chi connectivity index (χ1n) is 14.1. The lowest BCUT2D eigenvalue weighted by Crippen LogP contribution is -2.17. The SMILES string of the molecule is CC1(C)CCC[C@@H]1c1cc(COc2cccc([C@@H](CC(=O)O)C3(C)CC3)c2)ccc1-c1cc(C(F)F)ccc1F. The van der Waals surface area contributed by atoms with E-state index in [1.807, 2.05) is 42.5 Å². The fourth-order valence-corrected chi connectivity index (χ4v) is 6.50. The average molecular weight is 551 g/mol. The van der Waals surface area contributed by atoms with Crippen molar-refractivity contribution < 1.29 is 27.8 Å². The molecule has 2 aliphatic rings. The predicted octanol–water partition coefficient (Wildman–Crippen LogP) is 9.66. The topological polar surface area (TPSA) is 46.5 Å². The van der Waals surface area contributed by atoms with Crippen LogP contribution >= 0.6 is 0 Å². The van der Waals surface area contributed by atoms with E-state index in [0.717, 1.165) is 60.9 Å². The number of benzene rings is 3. The van der Waals surface area contributed by atoms with Crippen molar-refractivity contribution in [3.05, 3.63) is 88.7 Å². The van der Waals surface area contributed by atoms with Crippen molar-refractivity contribution >= 4 is 5.97 Å². The number of carboxylic acid groups (broad SMARTS) is 1. The Morgan fingerprint density at radius 1 is 0.975 bits per heavy atom. The zero-order chi connectivity index (χ0) is 28.7. The predicted molar refractivity (Wildman–Crippen MR) is 150 cm³/mol. The molecule has 2 atom stereocenters. The lowest BCUT2D eigenvalue weighted by atomic mass is 9.75. The van der Waals surface area contributed by atoms with E-state index >= 15 is 4.39 Å². The largest absolute Gasteiger partial charge is 0.489 e. The van der Waals surface area contributed by atoms with Gasteiger partial charge in [-0.25, -0.2) is 13.2 Å². The third kappa shape index (κ3) is 5.91. The summed E-state index contributed by atoms with van der Waals surface area (Å²) < 4.78 is 48.2. The van der Waals surface area contributed by atoms with Crippen molar-refractivity contribution in [2.45, 2.75) is 84.2 Å². The highest BCUT2D eigenvalue weighted by atomic mass is 19.3. The van der Waals surface area contributed by atoms with Gasteiger partial charge in [0.2, 0.25) is 0 Å². The molecule has 0 radical (unpaired) electrons. The second-order valence-electron chi connectivity index (χ2n) is 12.6. The van der Waals surface area contributed by atoms with E-state index in [0.29, 0.717) is 11.3 Å². The maximum absolute atomic E-state index is 15.0. The van der Waals surface area contributed by atoms with Gasteiger partial charge in [0.05, 0.1) is 6.42 Å². The van der Waals surface area contributed by atoms with Crippen LogP contribution in [0.2, 0.25) is 0 Å². The summed E-state index contributed by atoms with van der Waals surface area (Å²) in [6.45, 7) is 6.85. The van der Waals surface area contributed by atoms with Gasteiger partial charge in [0.15, 0.2) is 0 Å². The number of carboxylic acids is 1. The third-order valence-electron chi connectivity index (χ3n) is 9.21. The summed E-state index contributed by atoms with van der Waals surface area (Å²) in [7, 11) is 0. The number of hydrogen-bond donors (Lipinski definition) is 1. The van der Waals surface area contributed by atoms with Crippen molar-refractivity contribution in [3.63, 3.8) is 0 Å². The number of ether oxygens (including phenoxy) is 1. The van der Waals surface area contributed by atoms with Gasteiger partial charge >= 0.3 is 5.97 Å². The maximum atomic E-state index is 15.0. The molecular weight excluding hydrogens is 513 g/mol. The van der Waals surface area contributed by atoms with Crippen LogP contribution in [0, 0.1) is 16.6 Å². The number of carbonyl (C=O) groups is 1. The van der Waals surface area contributed by atoms with Gasteiger partial charge in [0.1, 0.15) is 18.2 Å². The fourth-order valence-electron chi connectivity index (χ4n) is 6.50. The minimum Gasteiger partial charge on any atom is -0.489 e. The van der Waals surface area contributed by atoms with Crippen LogP contribution in [-0.2, 0) is 11.4 Å². The molecular formula is C34H37F3O3. The molecule has 2 aliphatic carbocycles. The smallest absolute Gasteiger partial charge is 0.303 e. The van der Waals surface area contributed by atoms with E-state index < -0.39 is 18.2 Å². The van der Waals surface area contributed by atoms with Crippen molar-refractivity contribution in [3.8, 4) is 16.9 Å². The monoisotopic (exact) mass is 550 g/mol. The first kappa shape index (κ1) is 28.3. The maximum Gasteiger partial charge on any atom is 0.303 e. The van der Waals surface area contributed by atoms with Crippen LogP contribution in [0.15, 0.2) is 60.7 Å². The average Bonchev–Trinajstić information content (AvgIpc) is 3.56. The van der Waals surface area contributed by atoms with Crippen LogP contribution in [-0.4, -0.2) is 11.1 Å². The lowest BCUT2D eigenvalue weighted by molar-refractivity contribution is -0.137. The summed E-state index contributed by atoms with van der Waals surface area (Å²) in [5.41, 5.74) is 3.51. The van der Waals surface area contributed by atoms with Crippen molar-refractivity contribution in [1.82, 2.24) is 0 Å². The van der Waals surface area contributed by atoms with Crippen LogP contribution in [0.1, 0.15) is 99.8 Å². The van der Waals surface area contributed by atoms with E-state index in [-0.39, 0.29) is 46.8 Å². The van der Waals surface area contributed by atoms with Crippen molar-refractivity contribution in [2.24, 2.45) is 10.8 Å². The molecule has 2 fully saturated rings. The summed E-state index contributed by atoms with van der Waals surface area (Å²) >= 11 is 0. The van der Waals surface area contributed by atoms with Gasteiger partial charge in [-0.2, -0.15) is 0 Å². The second-order valence-corrected chi connectivity index (χ2v) is 12.6. The molecule has 0 unspecified atom stereocenters. The first-order valence-corrected chi connectivity index (χ1v) is 14.1. The molecule has 0 aromatic heterocycles. The zero-order valence-electron chi connectivity index (χ0n) is 23.4. The van der Waals surface area contributed by atoms with E-state index in [1.54, 1.807) is 0 Å². The number of alkyl halides is 2. The molecule has 5 rings (SSSR count). The molecule has 212 valence electrons. The highest BCUT2D eigenvalue weighted by Gasteiger charge is 2.46. The number of aliphatic carboxylic acids is 1. The van der Waals surface area contributed by atoms with Crippen LogP contribution in [0.5, 0.6) is 5.75 Å². The van der Waals surface area contributed by atoms with Gasteiger partial charge in [-0.3, -0.25) is 4.79 Å². The van der Waals surface area contributed by atoms with Crippen molar-refractivity contribution in [2.75, 3.05) is 0 Å². The van der Waals surface area contributed by atoms with E-state index in [2.05, 4.69) is 20.8 Å². The summed E-state index contributed by atoms with van der Waals surface area (Å²) in [6.07, 6.45) is 2.50. The van der Waals surface area contributed by atoms with E-state index in [9.17, 15) is 18.7 Å². The van der Waals surface area contributed by atoms with Crippen molar-refractivity contribution in [1.29, 1.82) is 0 Å². The Hall–Kier alpha value is -3.28. The zero-order valence-corrected chi connectivity index (χ0v) is 23.4. The summed E-state index contributed by atoms with van der Waals surface area (Å²) in [5.74, 6) is -0.552. The molecule has 1 N–H and O–H groups in total. The Morgan fingerprint density at radius 2 is 1.75 bits per heavy atom. The van der Waals surface area contributed by atoms with E-state index in [1.165, 1.54) is 6.07 Å². The fraction of sp³-hybridized carbons (Fsp3) is 0.441. The number of rotatable bonds is 10. The van der Waals surface area contributed by atoms with Gasteiger partial charge < -0.3 is 9.84 Å². The van der Waals surface area contributed by atoms with Crippen LogP contribution < -0.4 is 4.74 Å². The molecule has 0 spiro atoms. The van der Waals surface area contributed by atoms with Gasteiger partial charge in [0.25, 0.3) is 6.43 Å². The summed E-state index contributed by atoms with van der Waals surface area (Å²) in [4.78, 5) is 11.6.